The SMILES string of the molecule is Fc1ccccc1C1CC(NC2CC=CCC2)C1. The number of nitrogens with one attached hydrogen (secondary N) is 1. The number of halogens is 1. The third-order valence-electron chi connectivity index (χ3n) is 4.22. The van der Waals surface area contributed by atoms with E-state index in [1.807, 2.05) is 12.1 Å². The second kappa shape index (κ2) is 5.23. The van der Waals surface area contributed by atoms with Crippen LogP contribution in [0.15, 0.2) is 36.4 Å². The molecule has 96 valence electrons. The second-order valence-corrected chi connectivity index (χ2v) is 5.53. The van der Waals surface area contributed by atoms with Gasteiger partial charge >= 0.3 is 0 Å². The van der Waals surface area contributed by atoms with E-state index in [4.69, 9.17) is 0 Å². The van der Waals surface area contributed by atoms with E-state index in [-0.39, 0.29) is 5.82 Å². The monoisotopic (exact) mass is 245 g/mol. The first-order valence-corrected chi connectivity index (χ1v) is 6.98. The second-order valence-electron chi connectivity index (χ2n) is 5.53. The van der Waals surface area contributed by atoms with Crippen molar-refractivity contribution in [1.29, 1.82) is 0 Å². The van der Waals surface area contributed by atoms with Crippen LogP contribution in [-0.4, -0.2) is 12.1 Å². The molecule has 1 fully saturated rings. The summed E-state index contributed by atoms with van der Waals surface area (Å²) in [5, 5.41) is 3.70. The summed E-state index contributed by atoms with van der Waals surface area (Å²) in [5.74, 6) is 0.379. The van der Waals surface area contributed by atoms with Gasteiger partial charge in [-0.2, -0.15) is 0 Å². The highest BCUT2D eigenvalue weighted by molar-refractivity contribution is 5.24. The van der Waals surface area contributed by atoms with E-state index in [9.17, 15) is 4.39 Å². The van der Waals surface area contributed by atoms with Gasteiger partial charge in [-0.1, -0.05) is 30.4 Å². The summed E-state index contributed by atoms with van der Waals surface area (Å²) in [6, 6.07) is 8.43. The Morgan fingerprint density at radius 2 is 1.89 bits per heavy atom. The van der Waals surface area contributed by atoms with Crippen molar-refractivity contribution >= 4 is 0 Å². The zero-order chi connectivity index (χ0) is 12.4. The Kier molecular flexibility index (Phi) is 3.46. The minimum Gasteiger partial charge on any atom is -0.311 e. The normalized spacial score (nSPS) is 31.1. The van der Waals surface area contributed by atoms with Crippen LogP contribution in [0.4, 0.5) is 4.39 Å². The van der Waals surface area contributed by atoms with Gasteiger partial charge in [-0.15, -0.1) is 0 Å². The minimum absolute atomic E-state index is 0.0402. The number of allylic oxidation sites excluding steroid dienone is 1. The van der Waals surface area contributed by atoms with Crippen LogP contribution in [0.1, 0.15) is 43.6 Å². The first-order chi connectivity index (χ1) is 8.83. The Bertz CT molecular complexity index is 434. The molecule has 2 aliphatic rings. The fourth-order valence-corrected chi connectivity index (χ4v) is 3.09. The van der Waals surface area contributed by atoms with E-state index in [1.54, 1.807) is 12.1 Å². The molecule has 2 heteroatoms. The van der Waals surface area contributed by atoms with Crippen molar-refractivity contribution in [3.8, 4) is 0 Å². The van der Waals surface area contributed by atoms with Crippen LogP contribution in [0.2, 0.25) is 0 Å². The zero-order valence-electron chi connectivity index (χ0n) is 10.6. The molecule has 0 saturated heterocycles. The lowest BCUT2D eigenvalue weighted by atomic mass is 9.75. The van der Waals surface area contributed by atoms with Crippen molar-refractivity contribution in [2.75, 3.05) is 0 Å². The van der Waals surface area contributed by atoms with Gasteiger partial charge in [-0.05, 0) is 49.7 Å². The number of hydrogen-bond acceptors (Lipinski definition) is 1. The summed E-state index contributed by atoms with van der Waals surface area (Å²) < 4.78 is 13.6. The molecule has 0 bridgehead atoms. The van der Waals surface area contributed by atoms with Gasteiger partial charge < -0.3 is 5.32 Å². The molecular weight excluding hydrogens is 225 g/mol. The molecule has 0 amide bonds. The molecule has 1 saturated carbocycles. The largest absolute Gasteiger partial charge is 0.311 e. The Morgan fingerprint density at radius 3 is 2.61 bits per heavy atom. The van der Waals surface area contributed by atoms with Crippen LogP contribution in [0, 0.1) is 5.82 Å². The lowest BCUT2D eigenvalue weighted by Gasteiger charge is -2.39. The molecule has 1 unspecified atom stereocenters. The highest BCUT2D eigenvalue weighted by Gasteiger charge is 2.32. The van der Waals surface area contributed by atoms with E-state index >= 15 is 0 Å². The third kappa shape index (κ3) is 2.49. The fourth-order valence-electron chi connectivity index (χ4n) is 3.09. The van der Waals surface area contributed by atoms with Crippen LogP contribution in [-0.2, 0) is 0 Å². The standard InChI is InChI=1S/C16H20FN/c17-16-9-5-4-8-15(16)12-10-14(11-12)18-13-6-2-1-3-7-13/h1-2,4-5,8-9,12-14,18H,3,6-7,10-11H2. The topological polar surface area (TPSA) is 12.0 Å². The molecule has 3 rings (SSSR count). The van der Waals surface area contributed by atoms with E-state index < -0.39 is 0 Å². The molecular formula is C16H20FN. The Balaban J connectivity index is 1.51. The van der Waals surface area contributed by atoms with Crippen molar-refractivity contribution in [3.05, 3.63) is 47.8 Å². The Labute approximate surface area is 108 Å². The molecule has 1 nitrogen and oxygen atoms in total. The van der Waals surface area contributed by atoms with Crippen molar-refractivity contribution in [3.63, 3.8) is 0 Å². The molecule has 0 spiro atoms. The number of rotatable bonds is 3. The maximum Gasteiger partial charge on any atom is 0.126 e. The van der Waals surface area contributed by atoms with Gasteiger partial charge in [0.05, 0.1) is 0 Å². The predicted octanol–water partition coefficient (Wildman–Crippen LogP) is 3.77. The lowest BCUT2D eigenvalue weighted by Crippen LogP contribution is -2.45. The molecule has 1 aromatic carbocycles. The van der Waals surface area contributed by atoms with E-state index in [1.165, 1.54) is 12.8 Å². The Morgan fingerprint density at radius 1 is 1.06 bits per heavy atom. The molecule has 0 heterocycles. The fraction of sp³-hybridized carbons (Fsp3) is 0.500. The first-order valence-electron chi connectivity index (χ1n) is 6.98. The summed E-state index contributed by atoms with van der Waals surface area (Å²) >= 11 is 0. The molecule has 0 aromatic heterocycles. The molecule has 0 aliphatic heterocycles. The average Bonchev–Trinajstić information content (AvgIpc) is 2.36. The van der Waals surface area contributed by atoms with E-state index in [2.05, 4.69) is 17.5 Å². The van der Waals surface area contributed by atoms with Crippen molar-refractivity contribution in [1.82, 2.24) is 5.32 Å². The van der Waals surface area contributed by atoms with Crippen molar-refractivity contribution in [2.24, 2.45) is 0 Å². The molecule has 18 heavy (non-hydrogen) atoms. The van der Waals surface area contributed by atoms with Crippen molar-refractivity contribution in [2.45, 2.75) is 50.1 Å². The third-order valence-corrected chi connectivity index (χ3v) is 4.22. The molecule has 0 radical (unpaired) electrons. The lowest BCUT2D eigenvalue weighted by molar-refractivity contribution is 0.254. The summed E-state index contributed by atoms with van der Waals surface area (Å²) in [6.45, 7) is 0. The maximum absolute atomic E-state index is 13.6. The van der Waals surface area contributed by atoms with Crippen LogP contribution < -0.4 is 5.32 Å². The molecule has 2 aliphatic carbocycles. The van der Waals surface area contributed by atoms with Gasteiger partial charge in [-0.3, -0.25) is 0 Å². The Hall–Kier alpha value is -1.15. The van der Waals surface area contributed by atoms with Gasteiger partial charge in [-0.25, -0.2) is 4.39 Å². The van der Waals surface area contributed by atoms with E-state index in [0.29, 0.717) is 18.0 Å². The molecule has 1 atom stereocenters. The summed E-state index contributed by atoms with van der Waals surface area (Å²) in [5.41, 5.74) is 0.902. The van der Waals surface area contributed by atoms with Gasteiger partial charge in [0.1, 0.15) is 5.82 Å². The van der Waals surface area contributed by atoms with Crippen LogP contribution >= 0.6 is 0 Å². The smallest absolute Gasteiger partial charge is 0.126 e. The summed E-state index contributed by atoms with van der Waals surface area (Å²) in [6.07, 6.45) is 10.3. The maximum atomic E-state index is 13.6. The van der Waals surface area contributed by atoms with Crippen LogP contribution in [0.25, 0.3) is 0 Å². The average molecular weight is 245 g/mol. The van der Waals surface area contributed by atoms with Gasteiger partial charge in [0.2, 0.25) is 0 Å². The number of benzene rings is 1. The highest BCUT2D eigenvalue weighted by atomic mass is 19.1. The van der Waals surface area contributed by atoms with Crippen LogP contribution in [0.3, 0.4) is 0 Å². The van der Waals surface area contributed by atoms with E-state index in [0.717, 1.165) is 24.8 Å². The predicted molar refractivity (Wildman–Crippen MR) is 72.1 cm³/mol. The number of hydrogen-bond donors (Lipinski definition) is 1. The summed E-state index contributed by atoms with van der Waals surface area (Å²) in [7, 11) is 0. The minimum atomic E-state index is -0.0402. The zero-order valence-corrected chi connectivity index (χ0v) is 10.6. The van der Waals surface area contributed by atoms with Crippen molar-refractivity contribution < 1.29 is 4.39 Å². The summed E-state index contributed by atoms with van der Waals surface area (Å²) in [4.78, 5) is 0. The molecule has 1 N–H and O–H groups in total. The van der Waals surface area contributed by atoms with Crippen LogP contribution in [0.5, 0.6) is 0 Å². The first kappa shape index (κ1) is 11.9. The van der Waals surface area contributed by atoms with Gasteiger partial charge in [0, 0.05) is 12.1 Å². The van der Waals surface area contributed by atoms with Gasteiger partial charge in [0.15, 0.2) is 0 Å². The molecule has 1 aromatic rings. The highest BCUT2D eigenvalue weighted by Crippen LogP contribution is 2.38. The van der Waals surface area contributed by atoms with Gasteiger partial charge in [0.25, 0.3) is 0 Å². The quantitative estimate of drug-likeness (QED) is 0.799.